The van der Waals surface area contributed by atoms with Gasteiger partial charge in [0.25, 0.3) is 0 Å². The van der Waals surface area contributed by atoms with E-state index < -0.39 is 12.0 Å². The number of likely N-dealkylation sites (tertiary alicyclic amines) is 1. The van der Waals surface area contributed by atoms with Gasteiger partial charge in [0.2, 0.25) is 5.91 Å². The average molecular weight is 280 g/mol. The van der Waals surface area contributed by atoms with Crippen molar-refractivity contribution in [3.63, 3.8) is 0 Å². The summed E-state index contributed by atoms with van der Waals surface area (Å²) >= 11 is 1.41. The Balaban J connectivity index is 1.93. The zero-order valence-corrected chi connectivity index (χ0v) is 11.3. The molecule has 1 amide bonds. The van der Waals surface area contributed by atoms with E-state index in [1.807, 2.05) is 12.1 Å². The van der Waals surface area contributed by atoms with Gasteiger partial charge in [0.05, 0.1) is 5.75 Å². The number of aromatic nitrogens is 1. The van der Waals surface area contributed by atoms with Gasteiger partial charge in [-0.25, -0.2) is 4.79 Å². The van der Waals surface area contributed by atoms with E-state index in [0.29, 0.717) is 13.0 Å². The second-order valence-electron chi connectivity index (χ2n) is 4.41. The summed E-state index contributed by atoms with van der Waals surface area (Å²) in [6.07, 6.45) is 5.66. The van der Waals surface area contributed by atoms with E-state index >= 15 is 0 Å². The molecule has 1 N–H and O–H groups in total. The van der Waals surface area contributed by atoms with Crippen LogP contribution in [0.2, 0.25) is 0 Å². The minimum atomic E-state index is -0.901. The largest absolute Gasteiger partial charge is 0.480 e. The van der Waals surface area contributed by atoms with Crippen LogP contribution >= 0.6 is 11.8 Å². The maximum Gasteiger partial charge on any atom is 0.326 e. The van der Waals surface area contributed by atoms with Gasteiger partial charge in [-0.2, -0.15) is 0 Å². The monoisotopic (exact) mass is 280 g/mol. The predicted molar refractivity (Wildman–Crippen MR) is 71.9 cm³/mol. The van der Waals surface area contributed by atoms with E-state index in [1.165, 1.54) is 16.7 Å². The number of rotatable bonds is 4. The molecular weight excluding hydrogens is 264 g/mol. The fourth-order valence-electron chi connectivity index (χ4n) is 2.15. The standard InChI is InChI=1S/C13H16N2O3S/c16-12(9-19-10-4-6-14-7-5-10)15-8-2-1-3-11(15)13(17)18/h4-7,11H,1-3,8-9H2,(H,17,18). The molecular formula is C13H16N2O3S. The van der Waals surface area contributed by atoms with Crippen LogP contribution in [0.5, 0.6) is 0 Å². The first kappa shape index (κ1) is 13.9. The molecule has 0 aromatic carbocycles. The smallest absolute Gasteiger partial charge is 0.326 e. The van der Waals surface area contributed by atoms with Gasteiger partial charge >= 0.3 is 5.97 Å². The predicted octanol–water partition coefficient (Wildman–Crippen LogP) is 1.64. The third-order valence-corrected chi connectivity index (χ3v) is 4.12. The minimum absolute atomic E-state index is 0.103. The number of carbonyl (C=O) groups excluding carboxylic acids is 1. The van der Waals surface area contributed by atoms with E-state index in [1.54, 1.807) is 12.4 Å². The molecule has 1 aromatic rings. The van der Waals surface area contributed by atoms with Crippen molar-refractivity contribution in [3.8, 4) is 0 Å². The molecule has 19 heavy (non-hydrogen) atoms. The van der Waals surface area contributed by atoms with Gasteiger partial charge in [-0.05, 0) is 31.4 Å². The summed E-state index contributed by atoms with van der Waals surface area (Å²) in [6, 6.07) is 3.02. The number of piperidine rings is 1. The van der Waals surface area contributed by atoms with E-state index in [-0.39, 0.29) is 11.7 Å². The zero-order valence-electron chi connectivity index (χ0n) is 10.5. The lowest BCUT2D eigenvalue weighted by Gasteiger charge is -2.32. The number of carbonyl (C=O) groups is 2. The molecule has 2 heterocycles. The number of amides is 1. The third-order valence-electron chi connectivity index (χ3n) is 3.12. The summed E-state index contributed by atoms with van der Waals surface area (Å²) in [5, 5.41) is 9.13. The van der Waals surface area contributed by atoms with Gasteiger partial charge in [0.15, 0.2) is 0 Å². The Morgan fingerprint density at radius 2 is 2.11 bits per heavy atom. The summed E-state index contributed by atoms with van der Waals surface area (Å²) in [7, 11) is 0. The van der Waals surface area contributed by atoms with E-state index in [2.05, 4.69) is 4.98 Å². The molecule has 2 rings (SSSR count). The maximum atomic E-state index is 12.1. The number of aliphatic carboxylic acids is 1. The SMILES string of the molecule is O=C(O)C1CCCCN1C(=O)CSc1ccncc1. The number of carboxylic acid groups (broad SMARTS) is 1. The quantitative estimate of drug-likeness (QED) is 0.849. The lowest BCUT2D eigenvalue weighted by atomic mass is 10.0. The molecule has 1 aliphatic heterocycles. The van der Waals surface area contributed by atoms with Gasteiger partial charge in [-0.15, -0.1) is 11.8 Å². The number of hydrogen-bond acceptors (Lipinski definition) is 4. The van der Waals surface area contributed by atoms with Crippen LogP contribution in [0.15, 0.2) is 29.4 Å². The summed E-state index contributed by atoms with van der Waals surface area (Å²) in [5.74, 6) is -0.732. The van der Waals surface area contributed by atoms with Crippen molar-refractivity contribution in [2.75, 3.05) is 12.3 Å². The fraction of sp³-hybridized carbons (Fsp3) is 0.462. The van der Waals surface area contributed by atoms with Crippen LogP contribution in [-0.4, -0.2) is 45.2 Å². The third kappa shape index (κ3) is 3.70. The van der Waals surface area contributed by atoms with Gasteiger partial charge in [0.1, 0.15) is 6.04 Å². The van der Waals surface area contributed by atoms with Crippen LogP contribution < -0.4 is 0 Å². The molecule has 0 aliphatic carbocycles. The first-order valence-corrected chi connectivity index (χ1v) is 7.22. The number of pyridine rings is 1. The number of carboxylic acids is 1. The molecule has 1 saturated heterocycles. The molecule has 0 radical (unpaired) electrons. The minimum Gasteiger partial charge on any atom is -0.480 e. The summed E-state index contributed by atoms with van der Waals surface area (Å²) in [4.78, 5) is 29.6. The molecule has 6 heteroatoms. The maximum absolute atomic E-state index is 12.1. The van der Waals surface area contributed by atoms with Crippen LogP contribution in [0.25, 0.3) is 0 Å². The lowest BCUT2D eigenvalue weighted by molar-refractivity contribution is -0.150. The topological polar surface area (TPSA) is 70.5 Å². The molecule has 5 nitrogen and oxygen atoms in total. The van der Waals surface area contributed by atoms with Crippen LogP contribution in [0.1, 0.15) is 19.3 Å². The van der Waals surface area contributed by atoms with Gasteiger partial charge in [-0.1, -0.05) is 0 Å². The van der Waals surface area contributed by atoms with Crippen molar-refractivity contribution in [2.45, 2.75) is 30.2 Å². The summed E-state index contributed by atoms with van der Waals surface area (Å²) in [6.45, 7) is 0.548. The van der Waals surface area contributed by atoms with Gasteiger partial charge in [-0.3, -0.25) is 9.78 Å². The molecule has 1 fully saturated rings. The highest BCUT2D eigenvalue weighted by Gasteiger charge is 2.31. The van der Waals surface area contributed by atoms with Crippen molar-refractivity contribution in [1.29, 1.82) is 0 Å². The average Bonchev–Trinajstić information content (AvgIpc) is 2.46. The Labute approximate surface area is 116 Å². The second-order valence-corrected chi connectivity index (χ2v) is 5.46. The molecule has 0 spiro atoms. The van der Waals surface area contributed by atoms with E-state index in [4.69, 9.17) is 5.11 Å². The Bertz CT molecular complexity index is 452. The molecule has 0 saturated carbocycles. The van der Waals surface area contributed by atoms with Crippen molar-refractivity contribution in [3.05, 3.63) is 24.5 Å². The molecule has 1 unspecified atom stereocenters. The highest BCUT2D eigenvalue weighted by molar-refractivity contribution is 8.00. The number of thioether (sulfide) groups is 1. The Morgan fingerprint density at radius 3 is 2.79 bits per heavy atom. The van der Waals surface area contributed by atoms with Gasteiger partial charge < -0.3 is 10.0 Å². The second kappa shape index (κ2) is 6.56. The first-order chi connectivity index (χ1) is 9.18. The van der Waals surface area contributed by atoms with E-state index in [0.717, 1.165) is 17.7 Å². The molecule has 0 bridgehead atoms. The van der Waals surface area contributed by atoms with Crippen LogP contribution in [-0.2, 0) is 9.59 Å². The highest BCUT2D eigenvalue weighted by atomic mass is 32.2. The van der Waals surface area contributed by atoms with Crippen molar-refractivity contribution >= 4 is 23.6 Å². The van der Waals surface area contributed by atoms with Crippen molar-refractivity contribution in [2.24, 2.45) is 0 Å². The normalized spacial score (nSPS) is 19.2. The Hall–Kier alpha value is -1.56. The number of hydrogen-bond donors (Lipinski definition) is 1. The van der Waals surface area contributed by atoms with Crippen LogP contribution in [0, 0.1) is 0 Å². The molecule has 1 aromatic heterocycles. The zero-order chi connectivity index (χ0) is 13.7. The lowest BCUT2D eigenvalue weighted by Crippen LogP contribution is -2.48. The molecule has 102 valence electrons. The number of nitrogens with zero attached hydrogens (tertiary/aromatic N) is 2. The van der Waals surface area contributed by atoms with Crippen molar-refractivity contribution < 1.29 is 14.7 Å². The Kier molecular flexibility index (Phi) is 4.79. The van der Waals surface area contributed by atoms with Crippen molar-refractivity contribution in [1.82, 2.24) is 9.88 Å². The molecule has 1 aliphatic rings. The molecule has 1 atom stereocenters. The first-order valence-electron chi connectivity index (χ1n) is 6.23. The summed E-state index contributed by atoms with van der Waals surface area (Å²) in [5.41, 5.74) is 0. The fourth-order valence-corrected chi connectivity index (χ4v) is 2.92. The van der Waals surface area contributed by atoms with Gasteiger partial charge in [0, 0.05) is 23.8 Å². The summed E-state index contributed by atoms with van der Waals surface area (Å²) < 4.78 is 0. The van der Waals surface area contributed by atoms with Crippen LogP contribution in [0.4, 0.5) is 0 Å². The highest BCUT2D eigenvalue weighted by Crippen LogP contribution is 2.21. The Morgan fingerprint density at radius 1 is 1.37 bits per heavy atom. The van der Waals surface area contributed by atoms with Crippen LogP contribution in [0.3, 0.4) is 0 Å². The van der Waals surface area contributed by atoms with E-state index in [9.17, 15) is 9.59 Å².